The quantitative estimate of drug-likeness (QED) is 0.691. The van der Waals surface area contributed by atoms with Gasteiger partial charge in [-0.3, -0.25) is 14.5 Å². The fourth-order valence-corrected chi connectivity index (χ4v) is 2.83. The fraction of sp³-hybridized carbons (Fsp3) is 0.385. The summed E-state index contributed by atoms with van der Waals surface area (Å²) in [5.74, 6) is -2.22. The van der Waals surface area contributed by atoms with E-state index in [2.05, 4.69) is 15.9 Å². The summed E-state index contributed by atoms with van der Waals surface area (Å²) in [4.78, 5) is 24.1. The first-order valence-corrected chi connectivity index (χ1v) is 6.85. The lowest BCUT2D eigenvalue weighted by atomic mass is 9.98. The summed E-state index contributed by atoms with van der Waals surface area (Å²) in [7, 11) is 0. The molecule has 1 aromatic rings. The second kappa shape index (κ2) is 8.12. The number of likely N-dealkylation sites (tertiary alicyclic amines) is 1. The Morgan fingerprint density at radius 2 is 1.91 bits per heavy atom. The number of benzene rings is 1. The van der Waals surface area contributed by atoms with Crippen molar-refractivity contribution in [2.24, 2.45) is 5.73 Å². The molecular formula is C13H17BrCl2N2O4. The fourth-order valence-electron chi connectivity index (χ4n) is 2.42. The smallest absolute Gasteiger partial charge is 0.325 e. The second-order valence-corrected chi connectivity index (χ2v) is 5.87. The van der Waals surface area contributed by atoms with Crippen LogP contribution in [0.5, 0.6) is 0 Å². The van der Waals surface area contributed by atoms with E-state index in [9.17, 15) is 14.7 Å². The van der Waals surface area contributed by atoms with Crippen LogP contribution in [0.25, 0.3) is 0 Å². The predicted octanol–water partition coefficient (Wildman–Crippen LogP) is 1.73. The maximum absolute atomic E-state index is 11.3. The highest BCUT2D eigenvalue weighted by Gasteiger charge is 2.49. The van der Waals surface area contributed by atoms with Crippen LogP contribution in [0.4, 0.5) is 0 Å². The van der Waals surface area contributed by atoms with Gasteiger partial charge in [-0.1, -0.05) is 34.1 Å². The molecule has 1 aromatic carbocycles. The molecule has 2 atom stereocenters. The van der Waals surface area contributed by atoms with Crippen LogP contribution in [0, 0.1) is 0 Å². The van der Waals surface area contributed by atoms with E-state index < -0.39 is 23.5 Å². The first-order valence-electron chi connectivity index (χ1n) is 6.06. The minimum atomic E-state index is -1.51. The van der Waals surface area contributed by atoms with E-state index in [4.69, 9.17) is 10.8 Å². The van der Waals surface area contributed by atoms with E-state index in [1.807, 2.05) is 24.3 Å². The van der Waals surface area contributed by atoms with Crippen molar-refractivity contribution in [3.05, 3.63) is 34.3 Å². The third kappa shape index (κ3) is 4.33. The topological polar surface area (TPSA) is 104 Å². The van der Waals surface area contributed by atoms with E-state index >= 15 is 0 Å². The molecular weight excluding hydrogens is 399 g/mol. The SMILES string of the molecule is Cl.Cl.N[C@]1(C(=O)O)C[C@H](C(=O)O)N(Cc2ccccc2Br)C1. The zero-order valence-corrected chi connectivity index (χ0v) is 14.7. The highest BCUT2D eigenvalue weighted by Crippen LogP contribution is 2.29. The molecule has 0 bridgehead atoms. The standard InChI is InChI=1S/C13H15BrN2O4.2ClH/c14-9-4-2-1-3-8(9)6-16-7-13(15,12(19)20)5-10(16)11(17)18;;/h1-4,10H,5-7,15H2,(H,17,18)(H,19,20);2*1H/t10-,13-;;/m1../s1. The van der Waals surface area contributed by atoms with Gasteiger partial charge in [0.2, 0.25) is 0 Å². The molecule has 1 heterocycles. The van der Waals surface area contributed by atoms with Gasteiger partial charge in [0.1, 0.15) is 11.6 Å². The van der Waals surface area contributed by atoms with Crippen LogP contribution in [0.15, 0.2) is 28.7 Å². The van der Waals surface area contributed by atoms with Crippen LogP contribution in [-0.2, 0) is 16.1 Å². The molecule has 1 aliphatic rings. The lowest BCUT2D eigenvalue weighted by molar-refractivity contribution is -0.142. The minimum absolute atomic E-state index is 0. The maximum atomic E-state index is 11.3. The van der Waals surface area contributed by atoms with Gasteiger partial charge in [-0.15, -0.1) is 24.8 Å². The lowest BCUT2D eigenvalue weighted by Gasteiger charge is -2.22. The number of rotatable bonds is 4. The molecule has 0 aliphatic carbocycles. The molecule has 0 saturated carbocycles. The van der Waals surface area contributed by atoms with Crippen molar-refractivity contribution in [3.8, 4) is 0 Å². The molecule has 1 aliphatic heterocycles. The molecule has 6 nitrogen and oxygen atoms in total. The molecule has 2 rings (SSSR count). The monoisotopic (exact) mass is 414 g/mol. The van der Waals surface area contributed by atoms with Crippen molar-refractivity contribution in [2.75, 3.05) is 6.54 Å². The van der Waals surface area contributed by atoms with Crippen LogP contribution >= 0.6 is 40.7 Å². The van der Waals surface area contributed by atoms with Gasteiger partial charge in [0.15, 0.2) is 0 Å². The second-order valence-electron chi connectivity index (χ2n) is 5.02. The van der Waals surface area contributed by atoms with E-state index in [0.717, 1.165) is 10.0 Å². The largest absolute Gasteiger partial charge is 0.480 e. The van der Waals surface area contributed by atoms with Gasteiger partial charge in [0, 0.05) is 24.0 Å². The Morgan fingerprint density at radius 3 is 2.41 bits per heavy atom. The van der Waals surface area contributed by atoms with Crippen LogP contribution in [0.1, 0.15) is 12.0 Å². The molecule has 9 heteroatoms. The Kier molecular flexibility index (Phi) is 7.80. The average molecular weight is 416 g/mol. The van der Waals surface area contributed by atoms with Gasteiger partial charge in [-0.05, 0) is 11.6 Å². The molecule has 0 radical (unpaired) electrons. The highest BCUT2D eigenvalue weighted by atomic mass is 79.9. The van der Waals surface area contributed by atoms with Crippen molar-refractivity contribution >= 4 is 52.7 Å². The number of nitrogens with zero attached hydrogens (tertiary/aromatic N) is 1. The summed E-state index contributed by atoms with van der Waals surface area (Å²) in [5, 5.41) is 18.4. The van der Waals surface area contributed by atoms with Gasteiger partial charge in [-0.2, -0.15) is 0 Å². The predicted molar refractivity (Wildman–Crippen MR) is 89.6 cm³/mol. The number of nitrogens with two attached hydrogens (primary N) is 1. The van der Waals surface area contributed by atoms with Gasteiger partial charge in [0.25, 0.3) is 0 Å². The molecule has 22 heavy (non-hydrogen) atoms. The maximum Gasteiger partial charge on any atom is 0.325 e. The van der Waals surface area contributed by atoms with Gasteiger partial charge < -0.3 is 15.9 Å². The zero-order chi connectivity index (χ0) is 14.9. The summed E-state index contributed by atoms with van der Waals surface area (Å²) in [5.41, 5.74) is 5.18. The van der Waals surface area contributed by atoms with Crippen LogP contribution in [-0.4, -0.2) is 45.2 Å². The summed E-state index contributed by atoms with van der Waals surface area (Å²) >= 11 is 3.40. The number of hydrogen-bond donors (Lipinski definition) is 3. The van der Waals surface area contributed by atoms with Crippen molar-refractivity contribution in [2.45, 2.75) is 24.5 Å². The molecule has 0 aromatic heterocycles. The molecule has 124 valence electrons. The number of carboxylic acids is 2. The summed E-state index contributed by atoms with van der Waals surface area (Å²) < 4.78 is 0.856. The highest BCUT2D eigenvalue weighted by molar-refractivity contribution is 9.10. The number of aliphatic carboxylic acids is 2. The summed E-state index contributed by atoms with van der Waals surface area (Å²) in [6.45, 7) is 0.352. The van der Waals surface area contributed by atoms with E-state index in [-0.39, 0.29) is 37.8 Å². The minimum Gasteiger partial charge on any atom is -0.480 e. The van der Waals surface area contributed by atoms with Crippen molar-refractivity contribution in [1.29, 1.82) is 0 Å². The molecule has 0 spiro atoms. The van der Waals surface area contributed by atoms with E-state index in [1.165, 1.54) is 0 Å². The number of hydrogen-bond acceptors (Lipinski definition) is 4. The van der Waals surface area contributed by atoms with E-state index in [0.29, 0.717) is 6.54 Å². The third-order valence-corrected chi connectivity index (χ3v) is 4.30. The summed E-state index contributed by atoms with van der Waals surface area (Å²) in [6, 6.07) is 6.53. The summed E-state index contributed by atoms with van der Waals surface area (Å²) in [6.07, 6.45) is -0.0951. The Bertz CT molecular complexity index is 561. The molecule has 0 unspecified atom stereocenters. The Hall–Kier alpha value is -0.860. The van der Waals surface area contributed by atoms with Crippen molar-refractivity contribution in [1.82, 2.24) is 4.90 Å². The number of carboxylic acid groups (broad SMARTS) is 2. The lowest BCUT2D eigenvalue weighted by Crippen LogP contribution is -2.50. The Morgan fingerprint density at radius 1 is 1.32 bits per heavy atom. The van der Waals surface area contributed by atoms with E-state index in [1.54, 1.807) is 4.90 Å². The Balaban J connectivity index is 0.00000220. The average Bonchev–Trinajstić information content (AvgIpc) is 2.71. The van der Waals surface area contributed by atoms with Gasteiger partial charge in [-0.25, -0.2) is 0 Å². The van der Waals surface area contributed by atoms with Gasteiger partial charge in [0.05, 0.1) is 0 Å². The molecule has 0 amide bonds. The van der Waals surface area contributed by atoms with Crippen LogP contribution in [0.2, 0.25) is 0 Å². The van der Waals surface area contributed by atoms with Crippen LogP contribution in [0.3, 0.4) is 0 Å². The molecule has 4 N–H and O–H groups in total. The molecule has 1 fully saturated rings. The first-order chi connectivity index (χ1) is 9.33. The van der Waals surface area contributed by atoms with Crippen LogP contribution < -0.4 is 5.73 Å². The zero-order valence-electron chi connectivity index (χ0n) is 11.4. The normalized spacial score (nSPS) is 24.2. The van der Waals surface area contributed by atoms with Crippen molar-refractivity contribution < 1.29 is 19.8 Å². The Labute approximate surface area is 148 Å². The third-order valence-electron chi connectivity index (χ3n) is 3.53. The molecule has 1 saturated heterocycles. The number of carbonyl (C=O) groups is 2. The first kappa shape index (κ1) is 21.1. The number of halogens is 3. The van der Waals surface area contributed by atoms with Crippen molar-refractivity contribution in [3.63, 3.8) is 0 Å². The van der Waals surface area contributed by atoms with Gasteiger partial charge >= 0.3 is 11.9 Å².